The minimum atomic E-state index is -0.523. The fourth-order valence-corrected chi connectivity index (χ4v) is 4.05. The van der Waals surface area contributed by atoms with Gasteiger partial charge in [0.15, 0.2) is 0 Å². The van der Waals surface area contributed by atoms with Gasteiger partial charge >= 0.3 is 0 Å². The first-order valence-corrected chi connectivity index (χ1v) is 10.6. The molecule has 160 valence electrons. The van der Waals surface area contributed by atoms with Gasteiger partial charge < -0.3 is 4.74 Å². The highest BCUT2D eigenvalue weighted by molar-refractivity contribution is 8.18. The zero-order chi connectivity index (χ0) is 22.5. The van der Waals surface area contributed by atoms with Gasteiger partial charge in [-0.05, 0) is 41.1 Å². The van der Waals surface area contributed by atoms with Gasteiger partial charge in [-0.2, -0.15) is 0 Å². The second-order valence-corrected chi connectivity index (χ2v) is 7.99. The minimum Gasteiger partial charge on any atom is -0.489 e. The average Bonchev–Trinajstić information content (AvgIpc) is 3.06. The molecule has 0 N–H and O–H groups in total. The molecule has 1 aliphatic heterocycles. The maximum Gasteiger partial charge on any atom is 0.293 e. The van der Waals surface area contributed by atoms with Crippen LogP contribution in [0.1, 0.15) is 16.7 Å². The number of benzene rings is 3. The van der Waals surface area contributed by atoms with Crippen molar-refractivity contribution < 1.29 is 19.2 Å². The van der Waals surface area contributed by atoms with Crippen LogP contribution in [0.5, 0.6) is 5.75 Å². The SMILES string of the molecule is O=C1S/C(=C\c2cccc(OCc3ccccc3)c2)C(=O)N1Cc1ccccc1[N+](=O)[O-]. The first-order valence-electron chi connectivity index (χ1n) is 9.76. The molecule has 0 aliphatic carbocycles. The molecule has 1 saturated heterocycles. The number of thioether (sulfide) groups is 1. The lowest BCUT2D eigenvalue weighted by Crippen LogP contribution is -2.27. The van der Waals surface area contributed by atoms with Gasteiger partial charge in [-0.25, -0.2) is 0 Å². The zero-order valence-electron chi connectivity index (χ0n) is 16.8. The van der Waals surface area contributed by atoms with Crippen LogP contribution in [0.15, 0.2) is 83.8 Å². The first-order chi connectivity index (χ1) is 15.5. The molecule has 8 heteroatoms. The Labute approximate surface area is 188 Å². The predicted octanol–water partition coefficient (Wildman–Crippen LogP) is 5.41. The second kappa shape index (κ2) is 9.49. The number of para-hydroxylation sites is 1. The maximum absolute atomic E-state index is 12.8. The molecule has 3 aromatic rings. The van der Waals surface area contributed by atoms with Crippen molar-refractivity contribution in [3.63, 3.8) is 0 Å². The van der Waals surface area contributed by atoms with Crippen molar-refractivity contribution in [2.75, 3.05) is 0 Å². The lowest BCUT2D eigenvalue weighted by molar-refractivity contribution is -0.385. The van der Waals surface area contributed by atoms with Crippen LogP contribution >= 0.6 is 11.8 Å². The average molecular weight is 446 g/mol. The Morgan fingerprint density at radius 2 is 1.72 bits per heavy atom. The summed E-state index contributed by atoms with van der Waals surface area (Å²) < 4.78 is 5.82. The fraction of sp³-hybridized carbons (Fsp3) is 0.0833. The normalized spacial score (nSPS) is 14.8. The Hall–Kier alpha value is -3.91. The number of nitrogens with zero attached hydrogens (tertiary/aromatic N) is 2. The number of carbonyl (C=O) groups excluding carboxylic acids is 2. The molecule has 4 rings (SSSR count). The van der Waals surface area contributed by atoms with Gasteiger partial charge in [-0.1, -0.05) is 60.7 Å². The van der Waals surface area contributed by atoms with Gasteiger partial charge in [0.05, 0.1) is 16.4 Å². The summed E-state index contributed by atoms with van der Waals surface area (Å²) in [5, 5.41) is 10.8. The molecule has 1 aliphatic rings. The van der Waals surface area contributed by atoms with Gasteiger partial charge in [-0.15, -0.1) is 0 Å². The van der Waals surface area contributed by atoms with Crippen LogP contribution in [0, 0.1) is 10.1 Å². The topological polar surface area (TPSA) is 89.8 Å². The van der Waals surface area contributed by atoms with E-state index < -0.39 is 16.1 Å². The van der Waals surface area contributed by atoms with Gasteiger partial charge in [0.2, 0.25) is 0 Å². The van der Waals surface area contributed by atoms with E-state index in [1.807, 2.05) is 48.5 Å². The van der Waals surface area contributed by atoms with E-state index in [1.54, 1.807) is 30.3 Å². The molecule has 0 saturated carbocycles. The third kappa shape index (κ3) is 4.87. The summed E-state index contributed by atoms with van der Waals surface area (Å²) in [6.07, 6.45) is 1.62. The van der Waals surface area contributed by atoms with Crippen molar-refractivity contribution in [3.8, 4) is 5.75 Å². The first kappa shape index (κ1) is 21.3. The molecule has 32 heavy (non-hydrogen) atoms. The van der Waals surface area contributed by atoms with Crippen molar-refractivity contribution in [2.24, 2.45) is 0 Å². The molecule has 0 spiro atoms. The zero-order valence-corrected chi connectivity index (χ0v) is 17.7. The Morgan fingerprint density at radius 1 is 0.969 bits per heavy atom. The largest absolute Gasteiger partial charge is 0.489 e. The van der Waals surface area contributed by atoms with E-state index in [1.165, 1.54) is 6.07 Å². The highest BCUT2D eigenvalue weighted by Crippen LogP contribution is 2.34. The molecule has 1 fully saturated rings. The molecule has 0 bridgehead atoms. The van der Waals surface area contributed by atoms with E-state index >= 15 is 0 Å². The van der Waals surface area contributed by atoms with E-state index in [0.717, 1.165) is 22.2 Å². The van der Waals surface area contributed by atoms with Crippen molar-refractivity contribution in [1.29, 1.82) is 0 Å². The summed E-state index contributed by atoms with van der Waals surface area (Å²) in [6.45, 7) is 0.260. The van der Waals surface area contributed by atoms with Gasteiger partial charge in [-0.3, -0.25) is 24.6 Å². The summed E-state index contributed by atoms with van der Waals surface area (Å²) in [7, 11) is 0. The summed E-state index contributed by atoms with van der Waals surface area (Å²) in [4.78, 5) is 37.2. The van der Waals surface area contributed by atoms with Gasteiger partial charge in [0.1, 0.15) is 12.4 Å². The number of hydrogen-bond donors (Lipinski definition) is 0. The monoisotopic (exact) mass is 446 g/mol. The number of carbonyl (C=O) groups is 2. The molecule has 0 radical (unpaired) electrons. The fourth-order valence-electron chi connectivity index (χ4n) is 3.22. The molecule has 3 aromatic carbocycles. The van der Waals surface area contributed by atoms with Crippen LogP contribution in [0.25, 0.3) is 6.08 Å². The van der Waals surface area contributed by atoms with E-state index in [9.17, 15) is 19.7 Å². The summed E-state index contributed by atoms with van der Waals surface area (Å²) in [6, 6.07) is 23.1. The molecule has 7 nitrogen and oxygen atoms in total. The Kier molecular flexibility index (Phi) is 6.32. The molecule has 1 heterocycles. The summed E-state index contributed by atoms with van der Waals surface area (Å²) in [5.74, 6) is 0.162. The second-order valence-electron chi connectivity index (χ2n) is 7.00. The van der Waals surface area contributed by atoms with Gasteiger partial charge in [0.25, 0.3) is 16.8 Å². The van der Waals surface area contributed by atoms with E-state index in [4.69, 9.17) is 4.74 Å². The van der Waals surface area contributed by atoms with Crippen molar-refractivity contribution >= 4 is 34.7 Å². The number of nitro benzene ring substituents is 1. The molecular weight excluding hydrogens is 428 g/mol. The third-order valence-electron chi connectivity index (χ3n) is 4.79. The number of amides is 2. The Bertz CT molecular complexity index is 1210. The number of nitro groups is 1. The number of imide groups is 1. The number of rotatable bonds is 7. The number of hydrogen-bond acceptors (Lipinski definition) is 6. The molecular formula is C24H18N2O5S. The summed E-state index contributed by atoms with van der Waals surface area (Å²) >= 11 is 0.814. The molecule has 0 aromatic heterocycles. The smallest absolute Gasteiger partial charge is 0.293 e. The maximum atomic E-state index is 12.8. The van der Waals surface area contributed by atoms with Crippen LogP contribution in [-0.4, -0.2) is 21.0 Å². The van der Waals surface area contributed by atoms with Crippen molar-refractivity contribution in [2.45, 2.75) is 13.2 Å². The van der Waals surface area contributed by atoms with Gasteiger partial charge in [0, 0.05) is 11.6 Å². The highest BCUT2D eigenvalue weighted by Gasteiger charge is 2.36. The summed E-state index contributed by atoms with van der Waals surface area (Å²) in [5.41, 5.74) is 1.93. The third-order valence-corrected chi connectivity index (χ3v) is 5.70. The van der Waals surface area contributed by atoms with Crippen molar-refractivity contribution in [3.05, 3.63) is 111 Å². The molecule has 2 amide bonds. The van der Waals surface area contributed by atoms with E-state index in [-0.39, 0.29) is 17.1 Å². The van der Waals surface area contributed by atoms with Crippen LogP contribution in [0.2, 0.25) is 0 Å². The van der Waals surface area contributed by atoms with Crippen LogP contribution in [0.3, 0.4) is 0 Å². The lowest BCUT2D eigenvalue weighted by Gasteiger charge is -2.12. The van der Waals surface area contributed by atoms with Crippen LogP contribution < -0.4 is 4.74 Å². The van der Waals surface area contributed by atoms with Crippen LogP contribution in [0.4, 0.5) is 10.5 Å². The lowest BCUT2D eigenvalue weighted by atomic mass is 10.1. The number of ether oxygens (including phenoxy) is 1. The van der Waals surface area contributed by atoms with Crippen LogP contribution in [-0.2, 0) is 17.9 Å². The van der Waals surface area contributed by atoms with E-state index in [0.29, 0.717) is 23.5 Å². The quantitative estimate of drug-likeness (QED) is 0.274. The minimum absolute atomic E-state index is 0.126. The molecule has 0 atom stereocenters. The Balaban J connectivity index is 1.49. The highest BCUT2D eigenvalue weighted by atomic mass is 32.2. The molecule has 0 unspecified atom stereocenters. The predicted molar refractivity (Wildman–Crippen MR) is 122 cm³/mol. The van der Waals surface area contributed by atoms with Crippen molar-refractivity contribution in [1.82, 2.24) is 4.90 Å². The van der Waals surface area contributed by atoms with E-state index in [2.05, 4.69) is 0 Å². The Morgan fingerprint density at radius 3 is 2.50 bits per heavy atom. The standard InChI is InChI=1S/C24H18N2O5S/c27-23-22(32-24(28)25(23)15-19-10-4-5-12-21(19)26(29)30)14-18-9-6-11-20(13-18)31-16-17-7-2-1-3-8-17/h1-14H,15-16H2/b22-14-.